The fraction of sp³-hybridized carbons (Fsp3) is 0.700. The van der Waals surface area contributed by atoms with Crippen molar-refractivity contribution in [3.8, 4) is 0 Å². The molecule has 3 nitrogen and oxygen atoms in total. The van der Waals surface area contributed by atoms with Gasteiger partial charge in [0.2, 0.25) is 0 Å². The van der Waals surface area contributed by atoms with E-state index in [-0.39, 0.29) is 6.10 Å². The molecule has 0 N–H and O–H groups in total. The van der Waals surface area contributed by atoms with E-state index in [9.17, 15) is 4.79 Å². The topological polar surface area (TPSA) is 35.5 Å². The van der Waals surface area contributed by atoms with Gasteiger partial charge in [0.25, 0.3) is 0 Å². The van der Waals surface area contributed by atoms with Crippen LogP contribution in [0.4, 0.5) is 0 Å². The molecule has 0 atom stereocenters. The standard InChI is InChI=1S/C10H18O3/c1-6-9(11)13-10(4,5)7-12-8(2)3/h6,8H,1,7H2,2-5H3. The highest BCUT2D eigenvalue weighted by Gasteiger charge is 2.22. The van der Waals surface area contributed by atoms with Crippen LogP contribution < -0.4 is 0 Å². The van der Waals surface area contributed by atoms with Crippen LogP contribution in [0, 0.1) is 0 Å². The van der Waals surface area contributed by atoms with Crippen molar-refractivity contribution >= 4 is 5.97 Å². The SMILES string of the molecule is C=CC(=O)OC(C)(C)COC(C)C. The zero-order chi connectivity index (χ0) is 10.5. The number of carbonyl (C=O) groups is 1. The Bertz CT molecular complexity index is 183. The summed E-state index contributed by atoms with van der Waals surface area (Å²) in [5.41, 5.74) is -0.588. The lowest BCUT2D eigenvalue weighted by Gasteiger charge is -2.25. The zero-order valence-corrected chi connectivity index (χ0v) is 8.79. The minimum absolute atomic E-state index is 0.140. The van der Waals surface area contributed by atoms with E-state index in [4.69, 9.17) is 9.47 Å². The van der Waals surface area contributed by atoms with Crippen LogP contribution in [0.1, 0.15) is 27.7 Å². The zero-order valence-electron chi connectivity index (χ0n) is 8.79. The van der Waals surface area contributed by atoms with E-state index in [1.54, 1.807) is 13.8 Å². The molecule has 0 aliphatic carbocycles. The van der Waals surface area contributed by atoms with Crippen LogP contribution in [0.15, 0.2) is 12.7 Å². The first-order chi connectivity index (χ1) is 5.87. The maximum absolute atomic E-state index is 10.9. The molecule has 0 spiro atoms. The molecule has 0 aliphatic heterocycles. The fourth-order valence-electron chi connectivity index (χ4n) is 0.711. The number of esters is 1. The molecule has 3 heteroatoms. The third-order valence-electron chi connectivity index (χ3n) is 1.31. The molecule has 0 aromatic heterocycles. The summed E-state index contributed by atoms with van der Waals surface area (Å²) in [6.45, 7) is 11.2. The molecule has 0 unspecified atom stereocenters. The summed E-state index contributed by atoms with van der Waals surface area (Å²) in [7, 11) is 0. The Morgan fingerprint density at radius 1 is 1.54 bits per heavy atom. The van der Waals surface area contributed by atoms with Crippen molar-refractivity contribution in [2.24, 2.45) is 0 Å². The lowest BCUT2D eigenvalue weighted by Crippen LogP contribution is -2.33. The van der Waals surface area contributed by atoms with Crippen LogP contribution in [0.5, 0.6) is 0 Å². The van der Waals surface area contributed by atoms with Gasteiger partial charge in [0, 0.05) is 6.08 Å². The average molecular weight is 186 g/mol. The van der Waals surface area contributed by atoms with Crippen molar-refractivity contribution in [1.29, 1.82) is 0 Å². The minimum Gasteiger partial charge on any atom is -0.454 e. The minimum atomic E-state index is -0.588. The molecule has 0 aliphatic rings. The summed E-state index contributed by atoms with van der Waals surface area (Å²) in [5, 5.41) is 0. The third kappa shape index (κ3) is 6.34. The van der Waals surface area contributed by atoms with Gasteiger partial charge in [0.15, 0.2) is 0 Å². The van der Waals surface area contributed by atoms with E-state index in [2.05, 4.69) is 6.58 Å². The molecule has 0 radical (unpaired) electrons. The number of carbonyl (C=O) groups excluding carboxylic acids is 1. The number of ether oxygens (including phenoxy) is 2. The lowest BCUT2D eigenvalue weighted by molar-refractivity contribution is -0.157. The Morgan fingerprint density at radius 2 is 2.08 bits per heavy atom. The van der Waals surface area contributed by atoms with Crippen molar-refractivity contribution in [3.05, 3.63) is 12.7 Å². The quantitative estimate of drug-likeness (QED) is 0.486. The van der Waals surface area contributed by atoms with Gasteiger partial charge in [-0.3, -0.25) is 0 Å². The lowest BCUT2D eigenvalue weighted by atomic mass is 10.1. The Labute approximate surface area is 79.7 Å². The van der Waals surface area contributed by atoms with E-state index in [1.807, 2.05) is 13.8 Å². The molecule has 0 rings (SSSR count). The first kappa shape index (κ1) is 12.2. The van der Waals surface area contributed by atoms with Gasteiger partial charge in [-0.1, -0.05) is 6.58 Å². The molecular formula is C10H18O3. The third-order valence-corrected chi connectivity index (χ3v) is 1.31. The second-order valence-electron chi connectivity index (χ2n) is 3.74. The summed E-state index contributed by atoms with van der Waals surface area (Å²) in [6, 6.07) is 0. The highest BCUT2D eigenvalue weighted by molar-refractivity contribution is 5.81. The van der Waals surface area contributed by atoms with Gasteiger partial charge in [-0.05, 0) is 27.7 Å². The maximum atomic E-state index is 10.9. The Morgan fingerprint density at radius 3 is 2.46 bits per heavy atom. The van der Waals surface area contributed by atoms with Crippen LogP contribution in [-0.4, -0.2) is 24.3 Å². The average Bonchev–Trinajstić information content (AvgIpc) is 2.00. The Hall–Kier alpha value is -0.830. The van der Waals surface area contributed by atoms with Crippen LogP contribution in [0.2, 0.25) is 0 Å². The molecule has 0 saturated heterocycles. The predicted octanol–water partition coefficient (Wildman–Crippen LogP) is 1.92. The van der Waals surface area contributed by atoms with Crippen LogP contribution in [0.25, 0.3) is 0 Å². The van der Waals surface area contributed by atoms with Crippen molar-refractivity contribution in [2.75, 3.05) is 6.61 Å². The highest BCUT2D eigenvalue weighted by Crippen LogP contribution is 2.11. The number of hydrogen-bond acceptors (Lipinski definition) is 3. The molecule has 0 fully saturated rings. The summed E-state index contributed by atoms with van der Waals surface area (Å²) >= 11 is 0. The molecule has 0 aromatic rings. The summed E-state index contributed by atoms with van der Waals surface area (Å²) in [5.74, 6) is -0.419. The first-order valence-corrected chi connectivity index (χ1v) is 4.34. The smallest absolute Gasteiger partial charge is 0.330 e. The van der Waals surface area contributed by atoms with Crippen molar-refractivity contribution in [2.45, 2.75) is 39.4 Å². The normalized spacial score (nSPS) is 11.5. The molecule has 76 valence electrons. The number of hydrogen-bond donors (Lipinski definition) is 0. The molecule has 0 aromatic carbocycles. The van der Waals surface area contributed by atoms with Gasteiger partial charge < -0.3 is 9.47 Å². The van der Waals surface area contributed by atoms with Gasteiger partial charge >= 0.3 is 5.97 Å². The van der Waals surface area contributed by atoms with E-state index in [1.165, 1.54) is 0 Å². The fourth-order valence-corrected chi connectivity index (χ4v) is 0.711. The molecule has 13 heavy (non-hydrogen) atoms. The summed E-state index contributed by atoms with van der Waals surface area (Å²) < 4.78 is 10.4. The molecule has 0 saturated carbocycles. The second kappa shape index (κ2) is 5.02. The van der Waals surface area contributed by atoms with E-state index in [0.717, 1.165) is 6.08 Å². The van der Waals surface area contributed by atoms with E-state index < -0.39 is 11.6 Å². The van der Waals surface area contributed by atoms with Crippen molar-refractivity contribution in [1.82, 2.24) is 0 Å². The Balaban J connectivity index is 3.92. The first-order valence-electron chi connectivity index (χ1n) is 4.34. The van der Waals surface area contributed by atoms with Gasteiger partial charge in [0.1, 0.15) is 5.60 Å². The monoisotopic (exact) mass is 186 g/mol. The van der Waals surface area contributed by atoms with Crippen LogP contribution >= 0.6 is 0 Å². The van der Waals surface area contributed by atoms with E-state index in [0.29, 0.717) is 6.61 Å². The maximum Gasteiger partial charge on any atom is 0.330 e. The molecule has 0 amide bonds. The predicted molar refractivity (Wildman–Crippen MR) is 51.5 cm³/mol. The molecule has 0 heterocycles. The Kier molecular flexibility index (Phi) is 4.70. The van der Waals surface area contributed by atoms with Crippen LogP contribution in [0.3, 0.4) is 0 Å². The molecule has 0 bridgehead atoms. The van der Waals surface area contributed by atoms with Gasteiger partial charge in [-0.2, -0.15) is 0 Å². The largest absolute Gasteiger partial charge is 0.454 e. The van der Waals surface area contributed by atoms with Gasteiger partial charge in [-0.15, -0.1) is 0 Å². The highest BCUT2D eigenvalue weighted by atomic mass is 16.6. The number of rotatable bonds is 5. The van der Waals surface area contributed by atoms with Crippen LogP contribution in [-0.2, 0) is 14.3 Å². The van der Waals surface area contributed by atoms with E-state index >= 15 is 0 Å². The van der Waals surface area contributed by atoms with Gasteiger partial charge in [-0.25, -0.2) is 4.79 Å². The second-order valence-corrected chi connectivity index (χ2v) is 3.74. The van der Waals surface area contributed by atoms with Gasteiger partial charge in [0.05, 0.1) is 12.7 Å². The van der Waals surface area contributed by atoms with Crippen molar-refractivity contribution < 1.29 is 14.3 Å². The van der Waals surface area contributed by atoms with Crippen molar-refractivity contribution in [3.63, 3.8) is 0 Å². The summed E-state index contributed by atoms with van der Waals surface area (Å²) in [6.07, 6.45) is 1.29. The summed E-state index contributed by atoms with van der Waals surface area (Å²) in [4.78, 5) is 10.9. The molecular weight excluding hydrogens is 168 g/mol.